The first-order chi connectivity index (χ1) is 10.0. The van der Waals surface area contributed by atoms with E-state index in [1.54, 1.807) is 0 Å². The van der Waals surface area contributed by atoms with Crippen LogP contribution in [-0.2, 0) is 12.5 Å². The van der Waals surface area contributed by atoms with Crippen LogP contribution in [0.4, 0.5) is 0 Å². The van der Waals surface area contributed by atoms with Crippen molar-refractivity contribution in [2.24, 2.45) is 7.05 Å². The molecule has 0 radical (unpaired) electrons. The van der Waals surface area contributed by atoms with Crippen LogP contribution in [0.2, 0.25) is 0 Å². The van der Waals surface area contributed by atoms with Gasteiger partial charge in [0, 0.05) is 12.5 Å². The van der Waals surface area contributed by atoms with E-state index >= 15 is 0 Å². The summed E-state index contributed by atoms with van der Waals surface area (Å²) in [6.07, 6.45) is 13.1. The summed E-state index contributed by atoms with van der Waals surface area (Å²) in [7, 11) is 2.00. The van der Waals surface area contributed by atoms with Gasteiger partial charge in [-0.2, -0.15) is 0 Å². The molecule has 0 aliphatic heterocycles. The molecule has 21 heavy (non-hydrogen) atoms. The summed E-state index contributed by atoms with van der Waals surface area (Å²) in [4.78, 5) is 0. The molecule has 1 rings (SSSR count). The van der Waals surface area contributed by atoms with Gasteiger partial charge in [0.05, 0.1) is 11.4 Å². The van der Waals surface area contributed by atoms with Crippen LogP contribution in [-0.4, -0.2) is 15.0 Å². The molecule has 0 N–H and O–H groups in total. The van der Waals surface area contributed by atoms with Crippen molar-refractivity contribution in [2.45, 2.75) is 97.3 Å². The molecule has 0 saturated carbocycles. The first-order valence-electron chi connectivity index (χ1n) is 8.92. The molecule has 0 unspecified atom stereocenters. The van der Waals surface area contributed by atoms with Crippen molar-refractivity contribution >= 4 is 0 Å². The lowest BCUT2D eigenvalue weighted by molar-refractivity contribution is 0.353. The Balaban J connectivity index is 2.70. The zero-order chi connectivity index (χ0) is 15.7. The Morgan fingerprint density at radius 2 is 1.43 bits per heavy atom. The van der Waals surface area contributed by atoms with Crippen LogP contribution in [0.25, 0.3) is 0 Å². The van der Waals surface area contributed by atoms with Gasteiger partial charge in [-0.05, 0) is 19.8 Å². The number of aromatic nitrogens is 3. The van der Waals surface area contributed by atoms with Crippen molar-refractivity contribution < 1.29 is 0 Å². The van der Waals surface area contributed by atoms with E-state index in [1.807, 2.05) is 11.7 Å². The number of aryl methyl sites for hydroxylation is 1. The van der Waals surface area contributed by atoms with Crippen LogP contribution < -0.4 is 0 Å². The molecule has 122 valence electrons. The molecule has 0 bridgehead atoms. The second kappa shape index (κ2) is 9.22. The standard InChI is InChI=1S/C18H35N3/c1-6-8-10-12-14-18(4,15-13-11-9-7-2)17-16(3)21(5)20-19-17/h6-15H2,1-5H3. The molecular formula is C18H35N3. The van der Waals surface area contributed by atoms with Crippen molar-refractivity contribution in [3.05, 3.63) is 11.4 Å². The minimum atomic E-state index is 0.208. The predicted octanol–water partition coefficient (Wildman–Crippen LogP) is 5.32. The lowest BCUT2D eigenvalue weighted by Crippen LogP contribution is -2.24. The highest BCUT2D eigenvalue weighted by molar-refractivity contribution is 5.19. The molecule has 3 heteroatoms. The second-order valence-electron chi connectivity index (χ2n) is 6.83. The number of rotatable bonds is 11. The third-order valence-electron chi connectivity index (χ3n) is 4.84. The molecular weight excluding hydrogens is 258 g/mol. The van der Waals surface area contributed by atoms with Crippen molar-refractivity contribution in [3.8, 4) is 0 Å². The van der Waals surface area contributed by atoms with Gasteiger partial charge >= 0.3 is 0 Å². The van der Waals surface area contributed by atoms with Crippen LogP contribution in [0.3, 0.4) is 0 Å². The number of unbranched alkanes of at least 4 members (excludes halogenated alkanes) is 6. The lowest BCUT2D eigenvalue weighted by atomic mass is 9.76. The maximum Gasteiger partial charge on any atom is 0.0914 e. The Morgan fingerprint density at radius 1 is 0.905 bits per heavy atom. The number of hydrogen-bond donors (Lipinski definition) is 0. The molecule has 0 aromatic carbocycles. The van der Waals surface area contributed by atoms with E-state index in [-0.39, 0.29) is 5.41 Å². The molecule has 0 aliphatic rings. The minimum absolute atomic E-state index is 0.208. The Labute approximate surface area is 131 Å². The van der Waals surface area contributed by atoms with Gasteiger partial charge in [0.1, 0.15) is 0 Å². The molecule has 1 aromatic rings. The quantitative estimate of drug-likeness (QED) is 0.517. The van der Waals surface area contributed by atoms with Crippen molar-refractivity contribution in [1.29, 1.82) is 0 Å². The van der Waals surface area contributed by atoms with Gasteiger partial charge in [-0.3, -0.25) is 4.68 Å². The van der Waals surface area contributed by atoms with Crippen molar-refractivity contribution in [2.75, 3.05) is 0 Å². The normalized spacial score (nSPS) is 12.0. The average Bonchev–Trinajstić information content (AvgIpc) is 2.81. The Bertz CT molecular complexity index is 383. The van der Waals surface area contributed by atoms with Crippen LogP contribution in [0.1, 0.15) is 96.4 Å². The maximum absolute atomic E-state index is 4.50. The molecule has 0 fully saturated rings. The van der Waals surface area contributed by atoms with Gasteiger partial charge in [0.25, 0.3) is 0 Å². The third kappa shape index (κ3) is 5.44. The summed E-state index contributed by atoms with van der Waals surface area (Å²) < 4.78 is 1.92. The summed E-state index contributed by atoms with van der Waals surface area (Å²) in [5, 5.41) is 8.74. The van der Waals surface area contributed by atoms with Gasteiger partial charge in [0.2, 0.25) is 0 Å². The second-order valence-corrected chi connectivity index (χ2v) is 6.83. The fraction of sp³-hybridized carbons (Fsp3) is 0.889. The van der Waals surface area contributed by atoms with E-state index in [0.29, 0.717) is 0 Å². The molecule has 0 aliphatic carbocycles. The molecule has 0 spiro atoms. The Morgan fingerprint density at radius 3 is 1.81 bits per heavy atom. The Kier molecular flexibility index (Phi) is 7.98. The molecule has 0 amide bonds. The van der Waals surface area contributed by atoms with Gasteiger partial charge in [-0.25, -0.2) is 0 Å². The summed E-state index contributed by atoms with van der Waals surface area (Å²) >= 11 is 0. The maximum atomic E-state index is 4.50. The average molecular weight is 293 g/mol. The highest BCUT2D eigenvalue weighted by Crippen LogP contribution is 2.35. The smallest absolute Gasteiger partial charge is 0.0914 e. The highest BCUT2D eigenvalue weighted by atomic mass is 15.4. The zero-order valence-electron chi connectivity index (χ0n) is 14.9. The SMILES string of the molecule is CCCCCCC(C)(CCCCCC)c1nnn(C)c1C. The number of hydrogen-bond acceptors (Lipinski definition) is 2. The van der Waals surface area contributed by atoms with E-state index < -0.39 is 0 Å². The summed E-state index contributed by atoms with van der Waals surface area (Å²) in [6, 6.07) is 0. The van der Waals surface area contributed by atoms with Crippen molar-refractivity contribution in [3.63, 3.8) is 0 Å². The van der Waals surface area contributed by atoms with Gasteiger partial charge in [-0.1, -0.05) is 77.4 Å². The number of nitrogens with zero attached hydrogens (tertiary/aromatic N) is 3. The molecule has 3 nitrogen and oxygen atoms in total. The largest absolute Gasteiger partial charge is 0.252 e. The first-order valence-corrected chi connectivity index (χ1v) is 8.92. The summed E-state index contributed by atoms with van der Waals surface area (Å²) in [5.74, 6) is 0. The van der Waals surface area contributed by atoms with Crippen LogP contribution in [0, 0.1) is 6.92 Å². The lowest BCUT2D eigenvalue weighted by Gasteiger charge is -2.28. The van der Waals surface area contributed by atoms with E-state index in [2.05, 4.69) is 38.0 Å². The summed E-state index contributed by atoms with van der Waals surface area (Å²) in [5.41, 5.74) is 2.68. The van der Waals surface area contributed by atoms with Gasteiger partial charge in [0.15, 0.2) is 0 Å². The minimum Gasteiger partial charge on any atom is -0.252 e. The molecule has 1 aromatic heterocycles. The first kappa shape index (κ1) is 18.2. The van der Waals surface area contributed by atoms with Crippen molar-refractivity contribution in [1.82, 2.24) is 15.0 Å². The molecule has 0 saturated heterocycles. The van der Waals surface area contributed by atoms with E-state index in [0.717, 1.165) is 0 Å². The van der Waals surface area contributed by atoms with E-state index in [4.69, 9.17) is 0 Å². The van der Waals surface area contributed by atoms with Crippen LogP contribution in [0.5, 0.6) is 0 Å². The Hall–Kier alpha value is -0.860. The van der Waals surface area contributed by atoms with Crippen LogP contribution >= 0.6 is 0 Å². The van der Waals surface area contributed by atoms with Gasteiger partial charge < -0.3 is 0 Å². The molecule has 1 heterocycles. The zero-order valence-corrected chi connectivity index (χ0v) is 14.9. The summed E-state index contributed by atoms with van der Waals surface area (Å²) in [6.45, 7) is 9.11. The van der Waals surface area contributed by atoms with Gasteiger partial charge in [-0.15, -0.1) is 5.10 Å². The fourth-order valence-corrected chi connectivity index (χ4v) is 3.21. The van der Waals surface area contributed by atoms with E-state index in [1.165, 1.54) is 75.6 Å². The molecule has 0 atom stereocenters. The highest BCUT2D eigenvalue weighted by Gasteiger charge is 2.30. The van der Waals surface area contributed by atoms with E-state index in [9.17, 15) is 0 Å². The monoisotopic (exact) mass is 293 g/mol. The van der Waals surface area contributed by atoms with Crippen LogP contribution in [0.15, 0.2) is 0 Å². The topological polar surface area (TPSA) is 30.7 Å². The third-order valence-corrected chi connectivity index (χ3v) is 4.84. The fourth-order valence-electron chi connectivity index (χ4n) is 3.21. The predicted molar refractivity (Wildman–Crippen MR) is 90.6 cm³/mol.